The number of hydrogen-bond acceptors (Lipinski definition) is 3. The Morgan fingerprint density at radius 1 is 1.29 bits per heavy atom. The molecule has 4 heteroatoms. The number of esters is 1. The van der Waals surface area contributed by atoms with Gasteiger partial charge in [-0.05, 0) is 32.4 Å². The van der Waals surface area contributed by atoms with Gasteiger partial charge in [0.1, 0.15) is 12.2 Å². The number of hydrogen-bond donors (Lipinski definition) is 0. The smallest absolute Gasteiger partial charge is 0.332 e. The van der Waals surface area contributed by atoms with E-state index in [9.17, 15) is 4.79 Å². The van der Waals surface area contributed by atoms with Gasteiger partial charge in [0.2, 0.25) is 0 Å². The highest BCUT2D eigenvalue weighted by molar-refractivity contribution is 9.10. The van der Waals surface area contributed by atoms with Gasteiger partial charge in [-0.15, -0.1) is 0 Å². The maximum Gasteiger partial charge on any atom is 0.332 e. The number of carbonyl (C=O) groups is 1. The Labute approximate surface area is 110 Å². The van der Waals surface area contributed by atoms with E-state index >= 15 is 0 Å². The zero-order chi connectivity index (χ0) is 12.9. The molecule has 0 N–H and O–H groups in total. The van der Waals surface area contributed by atoms with Crippen molar-refractivity contribution < 1.29 is 14.3 Å². The highest BCUT2D eigenvalue weighted by Gasteiger charge is 2.16. The maximum atomic E-state index is 11.4. The Kier molecular flexibility index (Phi) is 5.15. The molecule has 1 aromatic carbocycles. The zero-order valence-corrected chi connectivity index (χ0v) is 11.9. The van der Waals surface area contributed by atoms with Crippen molar-refractivity contribution in [2.45, 2.75) is 33.0 Å². The van der Waals surface area contributed by atoms with Gasteiger partial charge in [-0.2, -0.15) is 0 Å². The molecule has 17 heavy (non-hydrogen) atoms. The van der Waals surface area contributed by atoms with Crippen molar-refractivity contribution in [2.24, 2.45) is 0 Å². The zero-order valence-electron chi connectivity index (χ0n) is 10.3. The van der Waals surface area contributed by atoms with Crippen LogP contribution >= 0.6 is 15.9 Å². The second-order valence-corrected chi connectivity index (χ2v) is 5.52. The summed E-state index contributed by atoms with van der Waals surface area (Å²) in [6.45, 7) is 5.86. The predicted molar refractivity (Wildman–Crippen MR) is 69.6 cm³/mol. The molecule has 0 aliphatic heterocycles. The molecule has 0 saturated carbocycles. The van der Waals surface area contributed by atoms with E-state index in [2.05, 4.69) is 15.9 Å². The van der Waals surface area contributed by atoms with Crippen LogP contribution in [-0.2, 0) is 20.9 Å². The van der Waals surface area contributed by atoms with E-state index < -0.39 is 5.60 Å². The molecular weight excluding hydrogens is 284 g/mol. The fourth-order valence-electron chi connectivity index (χ4n) is 1.23. The molecule has 1 rings (SSSR count). The number of benzene rings is 1. The summed E-state index contributed by atoms with van der Waals surface area (Å²) in [4.78, 5) is 11.4. The monoisotopic (exact) mass is 300 g/mol. The molecule has 0 fully saturated rings. The van der Waals surface area contributed by atoms with Gasteiger partial charge in [0.25, 0.3) is 0 Å². The highest BCUT2D eigenvalue weighted by atomic mass is 79.9. The molecule has 3 nitrogen and oxygen atoms in total. The van der Waals surface area contributed by atoms with E-state index in [1.54, 1.807) is 0 Å². The Morgan fingerprint density at radius 2 is 1.94 bits per heavy atom. The van der Waals surface area contributed by atoms with Crippen molar-refractivity contribution in [2.75, 3.05) is 6.61 Å². The van der Waals surface area contributed by atoms with Crippen LogP contribution < -0.4 is 0 Å². The number of rotatable bonds is 4. The van der Waals surface area contributed by atoms with Crippen LogP contribution in [0.4, 0.5) is 0 Å². The minimum absolute atomic E-state index is 0.0292. The lowest BCUT2D eigenvalue weighted by Gasteiger charge is -2.19. The van der Waals surface area contributed by atoms with Crippen molar-refractivity contribution in [3.8, 4) is 0 Å². The van der Waals surface area contributed by atoms with Gasteiger partial charge >= 0.3 is 5.97 Å². The Balaban J connectivity index is 2.34. The summed E-state index contributed by atoms with van der Waals surface area (Å²) in [5.41, 5.74) is 0.546. The molecule has 0 bridgehead atoms. The molecule has 0 saturated heterocycles. The average Bonchev–Trinajstić information content (AvgIpc) is 2.18. The Bertz CT molecular complexity index is 382. The summed E-state index contributed by atoms with van der Waals surface area (Å²) in [6.07, 6.45) is 0. The van der Waals surface area contributed by atoms with Gasteiger partial charge in [0.15, 0.2) is 0 Å². The first-order valence-electron chi connectivity index (χ1n) is 5.41. The molecule has 0 unspecified atom stereocenters. The standard InChI is InChI=1S/C13H17BrO3/c1-13(2,3)17-12(15)9-16-8-10-6-4-5-7-11(10)14/h4-7H,8-9H2,1-3H3. The average molecular weight is 301 g/mol. The van der Waals surface area contributed by atoms with Crippen molar-refractivity contribution in [1.82, 2.24) is 0 Å². The van der Waals surface area contributed by atoms with Gasteiger partial charge in [0.05, 0.1) is 6.61 Å². The third-order valence-corrected chi connectivity index (χ3v) is 2.63. The molecule has 0 aliphatic rings. The lowest BCUT2D eigenvalue weighted by Crippen LogP contribution is -2.26. The quantitative estimate of drug-likeness (QED) is 0.800. The van der Waals surface area contributed by atoms with Gasteiger partial charge in [-0.25, -0.2) is 4.79 Å². The fraction of sp³-hybridized carbons (Fsp3) is 0.462. The van der Waals surface area contributed by atoms with E-state index in [1.807, 2.05) is 45.0 Å². The van der Waals surface area contributed by atoms with Crippen molar-refractivity contribution >= 4 is 21.9 Å². The van der Waals surface area contributed by atoms with E-state index in [0.29, 0.717) is 6.61 Å². The Hall–Kier alpha value is -0.870. The summed E-state index contributed by atoms with van der Waals surface area (Å²) in [5, 5.41) is 0. The fourth-order valence-corrected chi connectivity index (χ4v) is 1.63. The molecule has 0 aliphatic carbocycles. The molecular formula is C13H17BrO3. The van der Waals surface area contributed by atoms with Gasteiger partial charge in [-0.1, -0.05) is 34.1 Å². The topological polar surface area (TPSA) is 35.5 Å². The summed E-state index contributed by atoms with van der Waals surface area (Å²) in [6, 6.07) is 7.74. The summed E-state index contributed by atoms with van der Waals surface area (Å²) in [5.74, 6) is -0.343. The van der Waals surface area contributed by atoms with E-state index in [0.717, 1.165) is 10.0 Å². The predicted octanol–water partition coefficient (Wildman–Crippen LogP) is 3.31. The first-order chi connectivity index (χ1) is 7.88. The minimum Gasteiger partial charge on any atom is -0.458 e. The van der Waals surface area contributed by atoms with Gasteiger partial charge in [0, 0.05) is 4.47 Å². The highest BCUT2D eigenvalue weighted by Crippen LogP contribution is 2.16. The van der Waals surface area contributed by atoms with Crippen molar-refractivity contribution in [3.63, 3.8) is 0 Å². The summed E-state index contributed by atoms with van der Waals surface area (Å²) >= 11 is 3.42. The van der Waals surface area contributed by atoms with Crippen LogP contribution in [0, 0.1) is 0 Å². The van der Waals surface area contributed by atoms with E-state index in [4.69, 9.17) is 9.47 Å². The molecule has 0 spiro atoms. The summed E-state index contributed by atoms with van der Waals surface area (Å²) in [7, 11) is 0. The van der Waals surface area contributed by atoms with Crippen LogP contribution in [0.2, 0.25) is 0 Å². The second kappa shape index (κ2) is 6.17. The normalized spacial score (nSPS) is 11.3. The molecule has 0 amide bonds. The van der Waals surface area contributed by atoms with Crippen LogP contribution in [0.25, 0.3) is 0 Å². The third kappa shape index (κ3) is 5.84. The lowest BCUT2D eigenvalue weighted by molar-refractivity contribution is -0.160. The SMILES string of the molecule is CC(C)(C)OC(=O)COCc1ccccc1Br. The second-order valence-electron chi connectivity index (χ2n) is 4.67. The number of ether oxygens (including phenoxy) is 2. The summed E-state index contributed by atoms with van der Waals surface area (Å²) < 4.78 is 11.4. The van der Waals surface area contributed by atoms with Crippen LogP contribution in [0.15, 0.2) is 28.7 Å². The molecule has 0 heterocycles. The van der Waals surface area contributed by atoms with Crippen LogP contribution in [0.1, 0.15) is 26.3 Å². The molecule has 94 valence electrons. The van der Waals surface area contributed by atoms with Crippen molar-refractivity contribution in [1.29, 1.82) is 0 Å². The third-order valence-electron chi connectivity index (χ3n) is 1.86. The first kappa shape index (κ1) is 14.2. The minimum atomic E-state index is -0.465. The molecule has 0 radical (unpaired) electrons. The first-order valence-corrected chi connectivity index (χ1v) is 6.21. The Morgan fingerprint density at radius 3 is 2.53 bits per heavy atom. The van der Waals surface area contributed by atoms with Crippen LogP contribution in [-0.4, -0.2) is 18.2 Å². The van der Waals surface area contributed by atoms with Crippen molar-refractivity contribution in [3.05, 3.63) is 34.3 Å². The largest absolute Gasteiger partial charge is 0.458 e. The van der Waals surface area contributed by atoms with Gasteiger partial charge in [-0.3, -0.25) is 0 Å². The lowest BCUT2D eigenvalue weighted by atomic mass is 10.2. The maximum absolute atomic E-state index is 11.4. The number of carbonyl (C=O) groups excluding carboxylic acids is 1. The molecule has 0 atom stereocenters. The van der Waals surface area contributed by atoms with Crippen LogP contribution in [0.5, 0.6) is 0 Å². The van der Waals surface area contributed by atoms with E-state index in [-0.39, 0.29) is 12.6 Å². The number of halogens is 1. The van der Waals surface area contributed by atoms with E-state index in [1.165, 1.54) is 0 Å². The molecule has 1 aromatic rings. The van der Waals surface area contributed by atoms with Crippen LogP contribution in [0.3, 0.4) is 0 Å². The molecule has 0 aromatic heterocycles. The van der Waals surface area contributed by atoms with Gasteiger partial charge < -0.3 is 9.47 Å².